The van der Waals surface area contributed by atoms with Crippen LogP contribution < -0.4 is 4.72 Å². The number of aromatic nitrogens is 2. The zero-order valence-electron chi connectivity index (χ0n) is 10.2. The second kappa shape index (κ2) is 5.33. The van der Waals surface area contributed by atoms with Crippen LogP contribution >= 0.6 is 0 Å². The van der Waals surface area contributed by atoms with Gasteiger partial charge in [-0.25, -0.2) is 4.98 Å². The Morgan fingerprint density at radius 2 is 2.05 bits per heavy atom. The van der Waals surface area contributed by atoms with E-state index in [1.807, 2.05) is 0 Å². The molecule has 2 rings (SSSR count). The second-order valence-electron chi connectivity index (χ2n) is 3.90. The van der Waals surface area contributed by atoms with Crippen LogP contribution in [0.2, 0.25) is 0 Å². The molecule has 6 nitrogen and oxygen atoms in total. The van der Waals surface area contributed by atoms with Gasteiger partial charge in [0.25, 0.3) is 10.0 Å². The lowest BCUT2D eigenvalue weighted by Crippen LogP contribution is -2.15. The lowest BCUT2D eigenvalue weighted by Gasteiger charge is -2.09. The van der Waals surface area contributed by atoms with Gasteiger partial charge >= 0.3 is 0 Å². The van der Waals surface area contributed by atoms with Crippen LogP contribution in [0.15, 0.2) is 41.7 Å². The largest absolute Gasteiger partial charge is 0.392 e. The van der Waals surface area contributed by atoms with Crippen LogP contribution in [-0.4, -0.2) is 23.5 Å². The van der Waals surface area contributed by atoms with Crippen molar-refractivity contribution in [2.75, 3.05) is 4.72 Å². The molecule has 0 aliphatic heterocycles. The Kier molecular flexibility index (Phi) is 3.77. The molecule has 2 aromatic heterocycles. The van der Waals surface area contributed by atoms with Gasteiger partial charge in [-0.2, -0.15) is 8.42 Å². The van der Waals surface area contributed by atoms with Crippen molar-refractivity contribution in [3.63, 3.8) is 0 Å². The first kappa shape index (κ1) is 13.4. The summed E-state index contributed by atoms with van der Waals surface area (Å²) < 4.78 is 26.6. The molecule has 0 aliphatic carbocycles. The summed E-state index contributed by atoms with van der Waals surface area (Å²) in [6.07, 6.45) is 2.91. The highest BCUT2D eigenvalue weighted by molar-refractivity contribution is 7.92. The van der Waals surface area contributed by atoms with E-state index in [0.29, 0.717) is 16.9 Å². The quantitative estimate of drug-likeness (QED) is 0.873. The average Bonchev–Trinajstić information content (AvgIpc) is 2.41. The van der Waals surface area contributed by atoms with Gasteiger partial charge in [-0.1, -0.05) is 6.07 Å². The van der Waals surface area contributed by atoms with Gasteiger partial charge in [-0.15, -0.1) is 0 Å². The van der Waals surface area contributed by atoms with Crippen molar-refractivity contribution in [2.24, 2.45) is 0 Å². The summed E-state index contributed by atoms with van der Waals surface area (Å²) in [5.74, 6) is 0. The molecule has 0 spiro atoms. The molecule has 7 heteroatoms. The van der Waals surface area contributed by atoms with Crippen LogP contribution in [0.5, 0.6) is 0 Å². The van der Waals surface area contributed by atoms with Crippen molar-refractivity contribution >= 4 is 15.7 Å². The minimum absolute atomic E-state index is 0.104. The number of anilines is 1. The molecule has 0 radical (unpaired) electrons. The molecular formula is C12H13N3O3S. The molecule has 0 atom stereocenters. The van der Waals surface area contributed by atoms with E-state index >= 15 is 0 Å². The number of aliphatic hydroxyl groups is 1. The third-order valence-corrected chi connectivity index (χ3v) is 3.79. The number of pyridine rings is 2. The first-order valence-electron chi connectivity index (χ1n) is 5.53. The van der Waals surface area contributed by atoms with Gasteiger partial charge < -0.3 is 5.11 Å². The highest BCUT2D eigenvalue weighted by atomic mass is 32.2. The number of aliphatic hydroxyl groups excluding tert-OH is 1. The summed E-state index contributed by atoms with van der Waals surface area (Å²) in [5, 5.41) is 8.79. The molecule has 0 bridgehead atoms. The van der Waals surface area contributed by atoms with Gasteiger partial charge in [0, 0.05) is 12.4 Å². The first-order chi connectivity index (χ1) is 9.03. The molecule has 0 amide bonds. The normalized spacial score (nSPS) is 11.3. The van der Waals surface area contributed by atoms with Gasteiger partial charge in [0.1, 0.15) is 0 Å². The van der Waals surface area contributed by atoms with E-state index in [9.17, 15) is 8.42 Å². The highest BCUT2D eigenvalue weighted by Gasteiger charge is 2.16. The number of aryl methyl sites for hydroxylation is 1. The number of sulfonamides is 1. The molecule has 0 aromatic carbocycles. The third kappa shape index (κ3) is 3.07. The summed E-state index contributed by atoms with van der Waals surface area (Å²) in [7, 11) is -3.74. The zero-order chi connectivity index (χ0) is 13.9. The topological polar surface area (TPSA) is 92.2 Å². The molecule has 0 aliphatic rings. The molecule has 2 aromatic rings. The van der Waals surface area contributed by atoms with E-state index in [4.69, 9.17) is 5.11 Å². The first-order valence-corrected chi connectivity index (χ1v) is 7.01. The minimum Gasteiger partial charge on any atom is -0.392 e. The van der Waals surface area contributed by atoms with E-state index in [2.05, 4.69) is 14.7 Å². The predicted molar refractivity (Wildman–Crippen MR) is 69.9 cm³/mol. The van der Waals surface area contributed by atoms with Crippen LogP contribution in [0.25, 0.3) is 0 Å². The fraction of sp³-hybridized carbons (Fsp3) is 0.167. The fourth-order valence-electron chi connectivity index (χ4n) is 1.45. The molecular weight excluding hydrogens is 266 g/mol. The maximum absolute atomic E-state index is 12.1. The minimum atomic E-state index is -3.74. The maximum atomic E-state index is 12.1. The zero-order valence-corrected chi connectivity index (χ0v) is 11.1. The molecule has 2 heterocycles. The van der Waals surface area contributed by atoms with Gasteiger partial charge in [0.15, 0.2) is 5.03 Å². The maximum Gasteiger partial charge on any atom is 0.279 e. The van der Waals surface area contributed by atoms with Crippen LogP contribution in [0.4, 0.5) is 5.69 Å². The smallest absolute Gasteiger partial charge is 0.279 e. The van der Waals surface area contributed by atoms with Crippen molar-refractivity contribution in [3.05, 3.63) is 47.9 Å². The average molecular weight is 279 g/mol. The highest BCUT2D eigenvalue weighted by Crippen LogP contribution is 2.16. The Bertz CT molecular complexity index is 669. The second-order valence-corrected chi connectivity index (χ2v) is 5.53. The van der Waals surface area contributed by atoms with E-state index in [1.165, 1.54) is 18.3 Å². The van der Waals surface area contributed by atoms with Crippen molar-refractivity contribution in [2.45, 2.75) is 18.6 Å². The molecule has 19 heavy (non-hydrogen) atoms. The van der Waals surface area contributed by atoms with Crippen molar-refractivity contribution in [1.29, 1.82) is 0 Å². The molecule has 100 valence electrons. The van der Waals surface area contributed by atoms with Crippen molar-refractivity contribution in [1.82, 2.24) is 9.97 Å². The summed E-state index contributed by atoms with van der Waals surface area (Å²) in [6, 6.07) is 6.13. The van der Waals surface area contributed by atoms with Crippen LogP contribution in [0.1, 0.15) is 11.3 Å². The van der Waals surface area contributed by atoms with E-state index in [-0.39, 0.29) is 11.6 Å². The molecule has 0 saturated carbocycles. The Morgan fingerprint density at radius 1 is 1.26 bits per heavy atom. The van der Waals surface area contributed by atoms with E-state index < -0.39 is 10.0 Å². The number of nitrogens with zero attached hydrogens (tertiary/aromatic N) is 2. The summed E-state index contributed by atoms with van der Waals surface area (Å²) in [5.41, 5.74) is 1.55. The molecule has 0 saturated heterocycles. The van der Waals surface area contributed by atoms with Crippen LogP contribution in [0.3, 0.4) is 0 Å². The van der Waals surface area contributed by atoms with E-state index in [1.54, 1.807) is 25.3 Å². The number of rotatable bonds is 4. The number of hydrogen-bond acceptors (Lipinski definition) is 5. The van der Waals surface area contributed by atoms with Gasteiger partial charge in [-0.3, -0.25) is 9.71 Å². The third-order valence-electron chi connectivity index (χ3n) is 2.51. The number of hydrogen-bond donors (Lipinski definition) is 2. The van der Waals surface area contributed by atoms with Gasteiger partial charge in [0.2, 0.25) is 0 Å². The SMILES string of the molecule is Cc1ncccc1NS(=O)(=O)c1ccc(CO)cn1. The Morgan fingerprint density at radius 3 is 2.63 bits per heavy atom. The summed E-state index contributed by atoms with van der Waals surface area (Å²) >= 11 is 0. The van der Waals surface area contributed by atoms with Crippen LogP contribution in [-0.2, 0) is 16.6 Å². The Balaban J connectivity index is 2.30. The fourth-order valence-corrected chi connectivity index (χ4v) is 2.50. The van der Waals surface area contributed by atoms with Gasteiger partial charge in [-0.05, 0) is 30.7 Å². The monoisotopic (exact) mass is 279 g/mol. The van der Waals surface area contributed by atoms with Gasteiger partial charge in [0.05, 0.1) is 18.0 Å². The summed E-state index contributed by atoms with van der Waals surface area (Å²) in [4.78, 5) is 7.82. The Labute approximate surface area is 111 Å². The summed E-state index contributed by atoms with van der Waals surface area (Å²) in [6.45, 7) is 1.53. The van der Waals surface area contributed by atoms with Crippen molar-refractivity contribution in [3.8, 4) is 0 Å². The standard InChI is InChI=1S/C12H13N3O3S/c1-9-11(3-2-6-13-9)15-19(17,18)12-5-4-10(8-16)7-14-12/h2-7,15-16H,8H2,1H3. The predicted octanol–water partition coefficient (Wildman–Crippen LogP) is 1.08. The molecule has 0 fully saturated rings. The lowest BCUT2D eigenvalue weighted by atomic mass is 10.3. The van der Waals surface area contributed by atoms with Crippen LogP contribution in [0, 0.1) is 6.92 Å². The number of nitrogens with one attached hydrogen (secondary N) is 1. The molecule has 2 N–H and O–H groups in total. The molecule has 0 unspecified atom stereocenters. The van der Waals surface area contributed by atoms with Crippen molar-refractivity contribution < 1.29 is 13.5 Å². The lowest BCUT2D eigenvalue weighted by molar-refractivity contribution is 0.281. The van der Waals surface area contributed by atoms with E-state index in [0.717, 1.165) is 0 Å². The Hall–Kier alpha value is -1.99.